The second kappa shape index (κ2) is 6.34. The normalized spacial score (nSPS) is 14.0. The molecule has 0 aromatic carbocycles. The maximum atomic E-state index is 11.7. The Morgan fingerprint density at radius 1 is 1.56 bits per heavy atom. The molecule has 1 aromatic rings. The first-order chi connectivity index (χ1) is 8.49. The van der Waals surface area contributed by atoms with E-state index >= 15 is 0 Å². The first-order valence-corrected chi connectivity index (χ1v) is 5.95. The van der Waals surface area contributed by atoms with Gasteiger partial charge in [-0.3, -0.25) is 0 Å². The molecule has 102 valence electrons. The molecule has 0 radical (unpaired) electrons. The zero-order valence-electron chi connectivity index (χ0n) is 11.0. The molecule has 1 rings (SSSR count). The number of carbonyl (C=O) groups is 1. The van der Waals surface area contributed by atoms with Gasteiger partial charge in [-0.1, -0.05) is 12.1 Å². The van der Waals surface area contributed by atoms with Gasteiger partial charge in [0, 0.05) is 12.1 Å². The lowest BCUT2D eigenvalue weighted by atomic mass is 9.95. The summed E-state index contributed by atoms with van der Waals surface area (Å²) in [6.07, 6.45) is 1.25. The third-order valence-electron chi connectivity index (χ3n) is 2.83. The lowest BCUT2D eigenvalue weighted by Crippen LogP contribution is -2.50. The second-order valence-electron chi connectivity index (χ2n) is 4.43. The Hall–Kier alpha value is -1.63. The number of aliphatic hydroxyl groups is 1. The zero-order chi connectivity index (χ0) is 13.6. The van der Waals surface area contributed by atoms with Gasteiger partial charge in [0.2, 0.25) is 5.89 Å². The topological polar surface area (TPSA) is 100 Å². The number of aromatic nitrogens is 2. The van der Waals surface area contributed by atoms with Gasteiger partial charge in [0.25, 0.3) is 0 Å². The third-order valence-corrected chi connectivity index (χ3v) is 2.83. The Kier molecular flexibility index (Phi) is 5.08. The van der Waals surface area contributed by atoms with Crippen LogP contribution in [0.15, 0.2) is 4.52 Å². The number of aliphatic hydroxyl groups excluding tert-OH is 1. The van der Waals surface area contributed by atoms with Crippen molar-refractivity contribution in [1.29, 1.82) is 0 Å². The highest BCUT2D eigenvalue weighted by molar-refractivity contribution is 5.74. The summed E-state index contributed by atoms with van der Waals surface area (Å²) in [5.41, 5.74) is -0.413. The number of rotatable bonds is 6. The number of hydrogen-bond donors (Lipinski definition) is 3. The Morgan fingerprint density at radius 3 is 2.78 bits per heavy atom. The van der Waals surface area contributed by atoms with E-state index in [-0.39, 0.29) is 19.2 Å². The van der Waals surface area contributed by atoms with Crippen LogP contribution in [0.5, 0.6) is 0 Å². The minimum atomic E-state index is -0.413. The van der Waals surface area contributed by atoms with E-state index in [9.17, 15) is 4.79 Å². The van der Waals surface area contributed by atoms with Crippen molar-refractivity contribution in [3.05, 3.63) is 11.7 Å². The van der Waals surface area contributed by atoms with Crippen molar-refractivity contribution in [2.24, 2.45) is 0 Å². The fraction of sp³-hybridized carbons (Fsp3) is 0.727. The Labute approximate surface area is 106 Å². The van der Waals surface area contributed by atoms with Gasteiger partial charge in [-0.15, -0.1) is 0 Å². The summed E-state index contributed by atoms with van der Waals surface area (Å²) >= 11 is 0. The van der Waals surface area contributed by atoms with Crippen molar-refractivity contribution in [3.63, 3.8) is 0 Å². The maximum Gasteiger partial charge on any atom is 0.315 e. The summed E-state index contributed by atoms with van der Waals surface area (Å²) in [7, 11) is 0. The summed E-state index contributed by atoms with van der Waals surface area (Å²) in [5, 5.41) is 18.0. The highest BCUT2D eigenvalue weighted by Gasteiger charge is 2.23. The first kappa shape index (κ1) is 14.4. The quantitative estimate of drug-likeness (QED) is 0.696. The van der Waals surface area contributed by atoms with Crippen LogP contribution in [0.1, 0.15) is 38.4 Å². The Balaban J connectivity index is 2.41. The van der Waals surface area contributed by atoms with E-state index in [0.717, 1.165) is 6.42 Å². The Morgan fingerprint density at radius 2 is 2.28 bits per heavy atom. The van der Waals surface area contributed by atoms with Crippen LogP contribution < -0.4 is 10.6 Å². The molecule has 7 heteroatoms. The molecule has 7 nitrogen and oxygen atoms in total. The number of nitrogens with one attached hydrogen (secondary N) is 2. The van der Waals surface area contributed by atoms with Crippen LogP contribution >= 0.6 is 0 Å². The SMILES string of the molecule is CCC(C)(CCO)NC(=O)NCc1nc(C)no1. The van der Waals surface area contributed by atoms with E-state index in [1.807, 2.05) is 13.8 Å². The highest BCUT2D eigenvalue weighted by Crippen LogP contribution is 2.13. The van der Waals surface area contributed by atoms with E-state index in [4.69, 9.17) is 9.63 Å². The number of hydrogen-bond acceptors (Lipinski definition) is 5. The van der Waals surface area contributed by atoms with E-state index in [1.165, 1.54) is 0 Å². The van der Waals surface area contributed by atoms with E-state index in [1.54, 1.807) is 6.92 Å². The third kappa shape index (κ3) is 4.33. The number of carbonyl (C=O) groups excluding carboxylic acids is 1. The predicted molar refractivity (Wildman–Crippen MR) is 64.8 cm³/mol. The number of amides is 2. The van der Waals surface area contributed by atoms with Crippen LogP contribution in [0.3, 0.4) is 0 Å². The van der Waals surface area contributed by atoms with Gasteiger partial charge in [-0.2, -0.15) is 4.98 Å². The molecular weight excluding hydrogens is 236 g/mol. The smallest absolute Gasteiger partial charge is 0.315 e. The van der Waals surface area contributed by atoms with Gasteiger partial charge in [0.1, 0.15) is 0 Å². The van der Waals surface area contributed by atoms with Gasteiger partial charge >= 0.3 is 6.03 Å². The van der Waals surface area contributed by atoms with Gasteiger partial charge < -0.3 is 20.3 Å². The van der Waals surface area contributed by atoms with Crippen LogP contribution in [-0.4, -0.2) is 33.4 Å². The van der Waals surface area contributed by atoms with Crippen molar-refractivity contribution in [2.75, 3.05) is 6.61 Å². The average Bonchev–Trinajstić information content (AvgIpc) is 2.73. The molecule has 1 aromatic heterocycles. The summed E-state index contributed by atoms with van der Waals surface area (Å²) in [6.45, 7) is 5.78. The molecule has 1 heterocycles. The maximum absolute atomic E-state index is 11.7. The minimum absolute atomic E-state index is 0.0352. The molecule has 3 N–H and O–H groups in total. The second-order valence-corrected chi connectivity index (χ2v) is 4.43. The van der Waals surface area contributed by atoms with Crippen molar-refractivity contribution < 1.29 is 14.4 Å². The van der Waals surface area contributed by atoms with Crippen LogP contribution in [0.2, 0.25) is 0 Å². The molecule has 0 bridgehead atoms. The van der Waals surface area contributed by atoms with E-state index in [0.29, 0.717) is 18.1 Å². The van der Waals surface area contributed by atoms with E-state index < -0.39 is 5.54 Å². The molecular formula is C11H20N4O3. The molecule has 1 atom stereocenters. The number of aryl methyl sites for hydroxylation is 1. The van der Waals surface area contributed by atoms with E-state index in [2.05, 4.69) is 20.8 Å². The van der Waals surface area contributed by atoms with Gasteiger partial charge in [-0.25, -0.2) is 4.79 Å². The molecule has 0 spiro atoms. The fourth-order valence-corrected chi connectivity index (χ4v) is 1.46. The lowest BCUT2D eigenvalue weighted by Gasteiger charge is -2.28. The largest absolute Gasteiger partial charge is 0.396 e. The van der Waals surface area contributed by atoms with Gasteiger partial charge in [-0.05, 0) is 26.7 Å². The number of nitrogens with zero attached hydrogens (tertiary/aromatic N) is 2. The first-order valence-electron chi connectivity index (χ1n) is 5.95. The number of urea groups is 1. The molecule has 18 heavy (non-hydrogen) atoms. The fourth-order valence-electron chi connectivity index (χ4n) is 1.46. The van der Waals surface area contributed by atoms with Crippen molar-refractivity contribution in [1.82, 2.24) is 20.8 Å². The van der Waals surface area contributed by atoms with Crippen molar-refractivity contribution in [3.8, 4) is 0 Å². The van der Waals surface area contributed by atoms with Crippen LogP contribution in [0, 0.1) is 6.92 Å². The average molecular weight is 256 g/mol. The summed E-state index contributed by atoms with van der Waals surface area (Å²) in [6, 6.07) is -0.316. The van der Waals surface area contributed by atoms with Gasteiger partial charge in [0.15, 0.2) is 5.82 Å². The summed E-state index contributed by atoms with van der Waals surface area (Å²) in [4.78, 5) is 15.7. The molecule has 2 amide bonds. The molecule has 1 unspecified atom stereocenters. The van der Waals surface area contributed by atoms with Crippen LogP contribution in [-0.2, 0) is 6.54 Å². The van der Waals surface area contributed by atoms with Crippen molar-refractivity contribution >= 4 is 6.03 Å². The summed E-state index contributed by atoms with van der Waals surface area (Å²) < 4.78 is 4.88. The standard InChI is InChI=1S/C11H20N4O3/c1-4-11(3,5-6-16)14-10(17)12-7-9-13-8(2)15-18-9/h16H,4-7H2,1-3H3,(H2,12,14,17). The molecule has 0 saturated heterocycles. The van der Waals surface area contributed by atoms with Crippen molar-refractivity contribution in [2.45, 2.75) is 45.7 Å². The highest BCUT2D eigenvalue weighted by atomic mass is 16.5. The monoisotopic (exact) mass is 256 g/mol. The molecule has 0 saturated carbocycles. The predicted octanol–water partition coefficient (Wildman–Crippen LogP) is 0.728. The molecule has 0 aliphatic heterocycles. The van der Waals surface area contributed by atoms with Crippen LogP contribution in [0.4, 0.5) is 4.79 Å². The molecule has 0 aliphatic rings. The summed E-state index contributed by atoms with van der Waals surface area (Å²) in [5.74, 6) is 0.897. The zero-order valence-corrected chi connectivity index (χ0v) is 11.0. The Bertz CT molecular complexity index is 393. The van der Waals surface area contributed by atoms with Crippen LogP contribution in [0.25, 0.3) is 0 Å². The minimum Gasteiger partial charge on any atom is -0.396 e. The molecule has 0 fully saturated rings. The van der Waals surface area contributed by atoms with Gasteiger partial charge in [0.05, 0.1) is 6.54 Å². The molecule has 0 aliphatic carbocycles. The lowest BCUT2D eigenvalue weighted by molar-refractivity contribution is 0.199.